The Morgan fingerprint density at radius 1 is 0.396 bits per heavy atom. The predicted octanol–water partition coefficient (Wildman–Crippen LogP) is 12.4. The molecular formula is C48H28N4O. The summed E-state index contributed by atoms with van der Waals surface area (Å²) in [6, 6.07) is 57.5. The molecule has 0 aliphatic rings. The minimum atomic E-state index is 0.507. The molecule has 0 unspecified atom stereocenters. The van der Waals surface area contributed by atoms with Gasteiger partial charge in [-0.15, -0.1) is 0 Å². The molecule has 5 heteroatoms. The van der Waals surface area contributed by atoms with Crippen LogP contribution in [0.1, 0.15) is 0 Å². The van der Waals surface area contributed by atoms with Crippen molar-refractivity contribution >= 4 is 54.3 Å². The minimum Gasteiger partial charge on any atom is -0.418 e. The van der Waals surface area contributed by atoms with Crippen molar-refractivity contribution in [1.82, 2.24) is 19.9 Å². The normalized spacial score (nSPS) is 11.8. The van der Waals surface area contributed by atoms with E-state index in [-0.39, 0.29) is 0 Å². The van der Waals surface area contributed by atoms with Crippen LogP contribution in [-0.2, 0) is 0 Å². The Balaban J connectivity index is 1.09. The molecule has 0 saturated heterocycles. The van der Waals surface area contributed by atoms with Crippen LogP contribution in [0, 0.1) is 0 Å². The molecule has 0 aliphatic carbocycles. The lowest BCUT2D eigenvalue weighted by atomic mass is 9.91. The largest absolute Gasteiger partial charge is 0.418 e. The van der Waals surface area contributed by atoms with E-state index in [2.05, 4.69) is 132 Å². The monoisotopic (exact) mass is 676 g/mol. The fraction of sp³-hybridized carbons (Fsp3) is 0. The van der Waals surface area contributed by atoms with Gasteiger partial charge in [-0.1, -0.05) is 133 Å². The molecule has 3 aromatic heterocycles. The van der Waals surface area contributed by atoms with Gasteiger partial charge in [-0.3, -0.25) is 0 Å². The summed E-state index contributed by atoms with van der Waals surface area (Å²) in [5.41, 5.74) is 9.07. The lowest BCUT2D eigenvalue weighted by Gasteiger charge is -2.15. The second kappa shape index (κ2) is 11.7. The third kappa shape index (κ3) is 4.86. The summed E-state index contributed by atoms with van der Waals surface area (Å²) in [7, 11) is 0. The first kappa shape index (κ1) is 29.5. The Hall–Kier alpha value is -7.24. The highest BCUT2D eigenvalue weighted by atomic mass is 16.4. The molecule has 3 heterocycles. The summed E-state index contributed by atoms with van der Waals surface area (Å²) in [6.07, 6.45) is 1.71. The Labute approximate surface area is 304 Å². The molecule has 0 amide bonds. The summed E-state index contributed by atoms with van der Waals surface area (Å²) < 4.78 is 6.05. The van der Waals surface area contributed by atoms with Crippen LogP contribution in [0.3, 0.4) is 0 Å². The first-order chi connectivity index (χ1) is 26.2. The van der Waals surface area contributed by atoms with E-state index < -0.39 is 0 Å². The average Bonchev–Trinajstić information content (AvgIpc) is 3.67. The van der Waals surface area contributed by atoms with Crippen molar-refractivity contribution in [3.05, 3.63) is 170 Å². The minimum absolute atomic E-state index is 0.507. The summed E-state index contributed by atoms with van der Waals surface area (Å²) in [5, 5.41) is 9.85. The summed E-state index contributed by atoms with van der Waals surface area (Å²) in [6.45, 7) is 0. The van der Waals surface area contributed by atoms with E-state index in [0.29, 0.717) is 17.4 Å². The number of pyridine rings is 1. The van der Waals surface area contributed by atoms with Gasteiger partial charge < -0.3 is 4.42 Å². The highest BCUT2D eigenvalue weighted by Crippen LogP contribution is 2.40. The smallest absolute Gasteiger partial charge is 0.247 e. The Bertz CT molecular complexity index is 3130. The van der Waals surface area contributed by atoms with Gasteiger partial charge in [0.1, 0.15) is 5.52 Å². The van der Waals surface area contributed by atoms with E-state index in [4.69, 9.17) is 19.4 Å². The van der Waals surface area contributed by atoms with Crippen LogP contribution in [0.25, 0.3) is 111 Å². The molecule has 0 radical (unpaired) electrons. The van der Waals surface area contributed by atoms with E-state index >= 15 is 0 Å². The molecule has 0 N–H and O–H groups in total. The molecule has 0 spiro atoms. The third-order valence-corrected chi connectivity index (χ3v) is 10.3. The maximum absolute atomic E-state index is 6.05. The third-order valence-electron chi connectivity index (χ3n) is 10.3. The summed E-state index contributed by atoms with van der Waals surface area (Å²) in [5.74, 6) is 1.13. The Kier molecular flexibility index (Phi) is 6.48. The van der Waals surface area contributed by atoms with Crippen LogP contribution in [0.15, 0.2) is 174 Å². The molecular weight excluding hydrogens is 649 g/mol. The van der Waals surface area contributed by atoms with Crippen molar-refractivity contribution in [1.29, 1.82) is 0 Å². The standard InChI is InChI=1S/C48H28N4O/c1-2-13-37-29(7-1)8-5-14-38(37)30-16-18-31(19-17-30)42-28-43(39-24-22-34-21-20-32-9-3-10-33-23-25-40(39)45(34)44(32)33)51-46(50-42)35-11-4-12-36(27-35)47-52-41-15-6-26-49-48(41)53-47/h1-28H. The van der Waals surface area contributed by atoms with Crippen LogP contribution in [-0.4, -0.2) is 19.9 Å². The molecule has 0 atom stereocenters. The van der Waals surface area contributed by atoms with Crippen molar-refractivity contribution in [2.75, 3.05) is 0 Å². The van der Waals surface area contributed by atoms with Gasteiger partial charge in [0, 0.05) is 28.5 Å². The van der Waals surface area contributed by atoms with Crippen LogP contribution < -0.4 is 0 Å². The van der Waals surface area contributed by atoms with Crippen molar-refractivity contribution in [3.63, 3.8) is 0 Å². The molecule has 8 aromatic carbocycles. The number of nitrogens with zero attached hydrogens (tertiary/aromatic N) is 4. The van der Waals surface area contributed by atoms with Crippen LogP contribution in [0.4, 0.5) is 0 Å². The SMILES string of the molecule is c1cc(-c2nc(-c3ccc(-c4cccc5ccccc45)cc3)cc(-c3ccc4ccc5cccc6ccc3c4c56)n2)cc(-c2nc3cccnc3o2)c1. The van der Waals surface area contributed by atoms with Gasteiger partial charge >= 0.3 is 0 Å². The van der Waals surface area contributed by atoms with Crippen molar-refractivity contribution in [2.24, 2.45) is 0 Å². The fourth-order valence-electron chi connectivity index (χ4n) is 7.80. The first-order valence-electron chi connectivity index (χ1n) is 17.7. The Morgan fingerprint density at radius 2 is 1.09 bits per heavy atom. The summed E-state index contributed by atoms with van der Waals surface area (Å²) in [4.78, 5) is 19.5. The molecule has 0 fully saturated rings. The molecule has 11 aromatic rings. The predicted molar refractivity (Wildman–Crippen MR) is 216 cm³/mol. The lowest BCUT2D eigenvalue weighted by molar-refractivity contribution is 0.608. The first-order valence-corrected chi connectivity index (χ1v) is 17.7. The maximum atomic E-state index is 6.05. The quantitative estimate of drug-likeness (QED) is 0.170. The van der Waals surface area contributed by atoms with Crippen molar-refractivity contribution in [3.8, 4) is 56.5 Å². The number of hydrogen-bond donors (Lipinski definition) is 0. The van der Waals surface area contributed by atoms with Gasteiger partial charge in [-0.05, 0) is 84.5 Å². The van der Waals surface area contributed by atoms with E-state index in [1.807, 2.05) is 36.4 Å². The second-order valence-corrected chi connectivity index (χ2v) is 13.5. The topological polar surface area (TPSA) is 64.7 Å². The van der Waals surface area contributed by atoms with Gasteiger partial charge in [0.25, 0.3) is 0 Å². The number of benzene rings is 8. The zero-order chi connectivity index (χ0) is 34.9. The molecule has 0 aliphatic heterocycles. The average molecular weight is 677 g/mol. The number of oxazole rings is 1. The molecule has 246 valence electrons. The van der Waals surface area contributed by atoms with E-state index in [0.717, 1.165) is 44.7 Å². The highest BCUT2D eigenvalue weighted by Gasteiger charge is 2.17. The van der Waals surface area contributed by atoms with E-state index in [1.54, 1.807) is 6.20 Å². The van der Waals surface area contributed by atoms with Crippen LogP contribution >= 0.6 is 0 Å². The Morgan fingerprint density at radius 3 is 1.98 bits per heavy atom. The molecule has 0 bridgehead atoms. The zero-order valence-corrected chi connectivity index (χ0v) is 28.4. The van der Waals surface area contributed by atoms with E-state index in [9.17, 15) is 0 Å². The molecule has 0 saturated carbocycles. The highest BCUT2D eigenvalue weighted by molar-refractivity contribution is 6.25. The zero-order valence-electron chi connectivity index (χ0n) is 28.4. The van der Waals surface area contributed by atoms with Gasteiger partial charge in [0.05, 0.1) is 11.4 Å². The summed E-state index contributed by atoms with van der Waals surface area (Å²) >= 11 is 0. The van der Waals surface area contributed by atoms with Crippen molar-refractivity contribution < 1.29 is 4.42 Å². The lowest BCUT2D eigenvalue weighted by Crippen LogP contribution is -1.97. The molecule has 11 rings (SSSR count). The molecule has 5 nitrogen and oxygen atoms in total. The number of hydrogen-bond acceptors (Lipinski definition) is 5. The second-order valence-electron chi connectivity index (χ2n) is 13.5. The van der Waals surface area contributed by atoms with Gasteiger partial charge in [0.2, 0.25) is 11.6 Å². The van der Waals surface area contributed by atoms with E-state index in [1.165, 1.54) is 48.7 Å². The van der Waals surface area contributed by atoms with Crippen LogP contribution in [0.5, 0.6) is 0 Å². The number of rotatable bonds is 5. The van der Waals surface area contributed by atoms with Gasteiger partial charge in [-0.25, -0.2) is 19.9 Å². The fourth-order valence-corrected chi connectivity index (χ4v) is 7.80. The van der Waals surface area contributed by atoms with Gasteiger partial charge in [0.15, 0.2) is 5.82 Å². The number of fused-ring (bicyclic) bond motifs is 2. The van der Waals surface area contributed by atoms with Gasteiger partial charge in [-0.2, -0.15) is 0 Å². The van der Waals surface area contributed by atoms with Crippen LogP contribution in [0.2, 0.25) is 0 Å². The maximum Gasteiger partial charge on any atom is 0.247 e. The molecule has 53 heavy (non-hydrogen) atoms. The number of aromatic nitrogens is 4. The van der Waals surface area contributed by atoms with Crippen molar-refractivity contribution in [2.45, 2.75) is 0 Å².